The Bertz CT molecular complexity index is 193. The van der Waals surface area contributed by atoms with Gasteiger partial charge < -0.3 is 5.32 Å². The van der Waals surface area contributed by atoms with Crippen molar-refractivity contribution < 1.29 is 5.32 Å². The second kappa shape index (κ2) is 4.14. The van der Waals surface area contributed by atoms with E-state index in [2.05, 4.69) is 38.2 Å². The summed E-state index contributed by atoms with van der Waals surface area (Å²) in [5.41, 5.74) is 1.40. The minimum absolute atomic E-state index is 0.605. The molecule has 0 radical (unpaired) electrons. The van der Waals surface area contributed by atoms with E-state index in [1.54, 1.807) is 0 Å². The van der Waals surface area contributed by atoms with Gasteiger partial charge in [-0.05, 0) is 5.56 Å². The SMILES string of the molecule is [CH2-][NH2+]C[C@H](C)c1ccccc1. The summed E-state index contributed by atoms with van der Waals surface area (Å²) in [5.74, 6) is 0.605. The van der Waals surface area contributed by atoms with Crippen LogP contribution in [0.5, 0.6) is 0 Å². The molecule has 0 fully saturated rings. The van der Waals surface area contributed by atoms with Crippen LogP contribution in [0, 0.1) is 7.05 Å². The van der Waals surface area contributed by atoms with Crippen molar-refractivity contribution in [1.82, 2.24) is 0 Å². The van der Waals surface area contributed by atoms with Crippen molar-refractivity contribution in [1.29, 1.82) is 0 Å². The summed E-state index contributed by atoms with van der Waals surface area (Å²) in [6.07, 6.45) is 0. The van der Waals surface area contributed by atoms with Crippen molar-refractivity contribution >= 4 is 0 Å². The standard InChI is InChI=1S/C10H15N/c1-9(8-11-2)10-6-4-3-5-7-10/h3-7,9H,2,8,11H2,1H3/t9-/m0/s1. The number of hydrogen-bond donors (Lipinski definition) is 1. The van der Waals surface area contributed by atoms with E-state index in [1.165, 1.54) is 5.56 Å². The summed E-state index contributed by atoms with van der Waals surface area (Å²) in [5, 5.41) is 1.97. The van der Waals surface area contributed by atoms with Crippen molar-refractivity contribution in [2.75, 3.05) is 6.54 Å². The number of nitrogens with two attached hydrogens (primary N) is 1. The Morgan fingerprint density at radius 2 is 2.00 bits per heavy atom. The highest BCUT2D eigenvalue weighted by molar-refractivity contribution is 5.18. The zero-order valence-corrected chi connectivity index (χ0v) is 6.96. The summed E-state index contributed by atoms with van der Waals surface area (Å²) in [7, 11) is 3.73. The second-order valence-electron chi connectivity index (χ2n) is 2.84. The highest BCUT2D eigenvalue weighted by Gasteiger charge is 2.02. The van der Waals surface area contributed by atoms with Crippen molar-refractivity contribution in [2.24, 2.45) is 0 Å². The molecule has 0 spiro atoms. The van der Waals surface area contributed by atoms with E-state index in [9.17, 15) is 0 Å². The van der Waals surface area contributed by atoms with Crippen LogP contribution in [0.3, 0.4) is 0 Å². The smallest absolute Gasteiger partial charge is 0.0582 e. The Labute approximate surface area is 68.4 Å². The fraction of sp³-hybridized carbons (Fsp3) is 0.300. The van der Waals surface area contributed by atoms with Crippen LogP contribution in [0.4, 0.5) is 0 Å². The van der Waals surface area contributed by atoms with Crippen LogP contribution in [0.15, 0.2) is 30.3 Å². The van der Waals surface area contributed by atoms with Crippen LogP contribution >= 0.6 is 0 Å². The lowest BCUT2D eigenvalue weighted by Crippen LogP contribution is -2.77. The van der Waals surface area contributed by atoms with Gasteiger partial charge in [0.25, 0.3) is 0 Å². The van der Waals surface area contributed by atoms with E-state index in [1.807, 2.05) is 11.4 Å². The Balaban J connectivity index is 2.61. The third-order valence-electron chi connectivity index (χ3n) is 1.89. The summed E-state index contributed by atoms with van der Waals surface area (Å²) in [4.78, 5) is 0. The molecule has 0 aromatic heterocycles. The van der Waals surface area contributed by atoms with Gasteiger partial charge in [-0.1, -0.05) is 37.3 Å². The molecule has 1 rings (SSSR count). The maximum Gasteiger partial charge on any atom is 0.0582 e. The van der Waals surface area contributed by atoms with Gasteiger partial charge in [0, 0.05) is 5.92 Å². The van der Waals surface area contributed by atoms with Crippen LogP contribution in [0.2, 0.25) is 0 Å². The van der Waals surface area contributed by atoms with Gasteiger partial charge in [-0.2, -0.15) is 7.05 Å². The minimum Gasteiger partial charge on any atom is -0.478 e. The van der Waals surface area contributed by atoms with Gasteiger partial charge in [0.1, 0.15) is 0 Å². The normalized spacial score (nSPS) is 12.9. The molecule has 11 heavy (non-hydrogen) atoms. The molecule has 1 aromatic rings. The van der Waals surface area contributed by atoms with Crippen LogP contribution in [-0.4, -0.2) is 6.54 Å². The van der Waals surface area contributed by atoms with Gasteiger partial charge >= 0.3 is 0 Å². The highest BCUT2D eigenvalue weighted by Crippen LogP contribution is 2.11. The number of hydrogen-bond acceptors (Lipinski definition) is 0. The molecular formula is C10H15N. The number of quaternary nitrogens is 1. The van der Waals surface area contributed by atoms with Gasteiger partial charge in [0.2, 0.25) is 0 Å². The Morgan fingerprint density at radius 3 is 2.55 bits per heavy atom. The topological polar surface area (TPSA) is 16.6 Å². The Morgan fingerprint density at radius 1 is 1.36 bits per heavy atom. The Kier molecular flexibility index (Phi) is 3.12. The largest absolute Gasteiger partial charge is 0.478 e. The molecule has 0 aliphatic heterocycles. The molecule has 0 aliphatic rings. The van der Waals surface area contributed by atoms with Gasteiger partial charge in [-0.15, -0.1) is 0 Å². The quantitative estimate of drug-likeness (QED) is 0.621. The molecule has 1 aromatic carbocycles. The van der Waals surface area contributed by atoms with Crippen molar-refractivity contribution in [3.8, 4) is 0 Å². The molecule has 1 nitrogen and oxygen atoms in total. The first kappa shape index (κ1) is 8.28. The van der Waals surface area contributed by atoms with E-state index >= 15 is 0 Å². The van der Waals surface area contributed by atoms with E-state index in [0.29, 0.717) is 5.92 Å². The number of benzene rings is 1. The first-order valence-corrected chi connectivity index (χ1v) is 4.00. The molecule has 0 bridgehead atoms. The van der Waals surface area contributed by atoms with E-state index in [0.717, 1.165) is 6.54 Å². The van der Waals surface area contributed by atoms with Crippen LogP contribution in [-0.2, 0) is 0 Å². The first-order chi connectivity index (χ1) is 5.34. The zero-order valence-electron chi connectivity index (χ0n) is 6.96. The average molecular weight is 149 g/mol. The van der Waals surface area contributed by atoms with Crippen LogP contribution in [0.1, 0.15) is 18.4 Å². The van der Waals surface area contributed by atoms with Crippen LogP contribution < -0.4 is 5.32 Å². The summed E-state index contributed by atoms with van der Waals surface area (Å²) < 4.78 is 0. The third kappa shape index (κ3) is 2.35. The predicted octanol–water partition coefficient (Wildman–Crippen LogP) is 1.15. The summed E-state index contributed by atoms with van der Waals surface area (Å²) >= 11 is 0. The molecule has 0 saturated carbocycles. The average Bonchev–Trinajstić information content (AvgIpc) is 2.07. The van der Waals surface area contributed by atoms with Crippen molar-refractivity contribution in [2.45, 2.75) is 12.8 Å². The second-order valence-corrected chi connectivity index (χ2v) is 2.84. The third-order valence-corrected chi connectivity index (χ3v) is 1.89. The van der Waals surface area contributed by atoms with Gasteiger partial charge in [0.05, 0.1) is 6.54 Å². The molecule has 60 valence electrons. The monoisotopic (exact) mass is 149 g/mol. The van der Waals surface area contributed by atoms with Gasteiger partial charge in [-0.3, -0.25) is 0 Å². The Hall–Kier alpha value is -0.820. The minimum atomic E-state index is 0.605. The fourth-order valence-corrected chi connectivity index (χ4v) is 1.17. The van der Waals surface area contributed by atoms with Gasteiger partial charge in [0.15, 0.2) is 0 Å². The van der Waals surface area contributed by atoms with E-state index < -0.39 is 0 Å². The van der Waals surface area contributed by atoms with Gasteiger partial charge in [-0.25, -0.2) is 0 Å². The fourth-order valence-electron chi connectivity index (χ4n) is 1.17. The lowest BCUT2D eigenvalue weighted by molar-refractivity contribution is -0.597. The lowest BCUT2D eigenvalue weighted by atomic mass is 10.0. The molecule has 2 N–H and O–H groups in total. The maximum absolute atomic E-state index is 3.73. The zero-order chi connectivity index (χ0) is 8.10. The maximum atomic E-state index is 3.73. The van der Waals surface area contributed by atoms with Crippen molar-refractivity contribution in [3.05, 3.63) is 42.9 Å². The lowest BCUT2D eigenvalue weighted by Gasteiger charge is -2.10. The predicted molar refractivity (Wildman–Crippen MR) is 47.0 cm³/mol. The van der Waals surface area contributed by atoms with Crippen molar-refractivity contribution in [3.63, 3.8) is 0 Å². The first-order valence-electron chi connectivity index (χ1n) is 4.00. The molecule has 0 amide bonds. The summed E-state index contributed by atoms with van der Waals surface area (Å²) in [6, 6.07) is 10.5. The van der Waals surface area contributed by atoms with E-state index in [4.69, 9.17) is 0 Å². The molecular weight excluding hydrogens is 134 g/mol. The molecule has 1 atom stereocenters. The summed E-state index contributed by atoms with van der Waals surface area (Å²) in [6.45, 7) is 3.28. The highest BCUT2D eigenvalue weighted by atomic mass is 14.8. The molecule has 0 aliphatic carbocycles. The van der Waals surface area contributed by atoms with E-state index in [-0.39, 0.29) is 0 Å². The molecule has 1 heteroatoms. The molecule has 0 heterocycles. The molecule has 0 unspecified atom stereocenters. The van der Waals surface area contributed by atoms with Crippen LogP contribution in [0.25, 0.3) is 0 Å². The molecule has 0 saturated heterocycles. The number of rotatable bonds is 3.